The molecule has 0 unspecified atom stereocenters. The predicted molar refractivity (Wildman–Crippen MR) is 47.9 cm³/mol. The van der Waals surface area contributed by atoms with Crippen LogP contribution in [0, 0.1) is 0 Å². The Morgan fingerprint density at radius 3 is 1.79 bits per heavy atom. The van der Waals surface area contributed by atoms with Crippen molar-refractivity contribution in [2.24, 2.45) is 0 Å². The molecule has 0 amide bonds. The molecule has 0 bridgehead atoms. The molecule has 0 aliphatic heterocycles. The van der Waals surface area contributed by atoms with Gasteiger partial charge in [-0.3, -0.25) is 4.39 Å². The van der Waals surface area contributed by atoms with E-state index in [0.29, 0.717) is 12.8 Å². The quantitative estimate of drug-likeness (QED) is 0.357. The monoisotopic (exact) mass is 212 g/mol. The van der Waals surface area contributed by atoms with E-state index in [-0.39, 0.29) is 42.7 Å². The van der Waals surface area contributed by atoms with Gasteiger partial charge in [-0.25, -0.2) is 0 Å². The molecule has 78 valence electrons. The van der Waals surface area contributed by atoms with E-state index in [1.165, 1.54) is 0 Å². The number of hydrogen-bond donors (Lipinski definition) is 0. The summed E-state index contributed by atoms with van der Waals surface area (Å²) in [5, 5.41) is 10.0. The second kappa shape index (κ2) is 13.4. The van der Waals surface area contributed by atoms with Crippen LogP contribution in [0.5, 0.6) is 0 Å². The van der Waals surface area contributed by atoms with Crippen LogP contribution >= 0.6 is 0 Å². The Balaban J connectivity index is 0. The van der Waals surface area contributed by atoms with Crippen molar-refractivity contribution in [1.82, 2.24) is 0 Å². The molecular weight excluding hydrogens is 194 g/mol. The first-order valence-electron chi connectivity index (χ1n) is 5.03. The fourth-order valence-electron chi connectivity index (χ4n) is 1.25. The Kier molecular flexibility index (Phi) is 16.1. The van der Waals surface area contributed by atoms with Crippen LogP contribution in [0.25, 0.3) is 0 Å². The number of alkyl halides is 1. The first-order chi connectivity index (χ1) is 6.27. The van der Waals surface area contributed by atoms with Gasteiger partial charge >= 0.3 is 29.6 Å². The third-order valence-electron chi connectivity index (χ3n) is 2.01. The van der Waals surface area contributed by atoms with Gasteiger partial charge in [-0.15, -0.1) is 0 Å². The van der Waals surface area contributed by atoms with Crippen LogP contribution in [0.15, 0.2) is 0 Å². The summed E-state index contributed by atoms with van der Waals surface area (Å²) in [6.45, 7) is -0.218. The van der Waals surface area contributed by atoms with E-state index in [1.807, 2.05) is 0 Å². The molecule has 0 aliphatic rings. The topological polar surface area (TPSA) is 40.1 Å². The molecule has 4 heteroatoms. The van der Waals surface area contributed by atoms with Gasteiger partial charge in [-0.1, -0.05) is 32.1 Å². The zero-order valence-corrected chi connectivity index (χ0v) is 11.1. The van der Waals surface area contributed by atoms with Crippen molar-refractivity contribution in [1.29, 1.82) is 0 Å². The van der Waals surface area contributed by atoms with Gasteiger partial charge in [0.25, 0.3) is 0 Å². The molecule has 0 rings (SSSR count). The second-order valence-corrected chi connectivity index (χ2v) is 3.29. The molecule has 0 N–H and O–H groups in total. The summed E-state index contributed by atoms with van der Waals surface area (Å²) >= 11 is 0. The Hall–Kier alpha value is 0.400. The summed E-state index contributed by atoms with van der Waals surface area (Å²) in [7, 11) is 0. The van der Waals surface area contributed by atoms with E-state index in [2.05, 4.69) is 0 Å². The number of rotatable bonds is 9. The molecule has 0 aliphatic carbocycles. The molecule has 0 heterocycles. The number of carbonyl (C=O) groups excluding carboxylic acids is 1. The average molecular weight is 212 g/mol. The summed E-state index contributed by atoms with van der Waals surface area (Å²) in [5.74, 6) is -0.961. The van der Waals surface area contributed by atoms with Gasteiger partial charge in [0.1, 0.15) is 0 Å². The summed E-state index contributed by atoms with van der Waals surface area (Å²) in [6, 6.07) is 0. The van der Waals surface area contributed by atoms with E-state index in [1.54, 1.807) is 0 Å². The Bertz CT molecular complexity index is 131. The smallest absolute Gasteiger partial charge is 0.550 e. The number of aliphatic carboxylic acids is 1. The molecule has 0 saturated heterocycles. The molecule has 0 aromatic rings. The Morgan fingerprint density at radius 2 is 1.36 bits per heavy atom. The number of hydrogen-bond acceptors (Lipinski definition) is 2. The summed E-state index contributed by atoms with van der Waals surface area (Å²) in [4.78, 5) is 10.0. The van der Waals surface area contributed by atoms with Gasteiger partial charge in [-0.2, -0.15) is 0 Å². The SMILES string of the molecule is O=C([O-])CCCCCCCCCF.[Na+]. The van der Waals surface area contributed by atoms with E-state index >= 15 is 0 Å². The first-order valence-corrected chi connectivity index (χ1v) is 5.03. The molecule has 0 saturated carbocycles. The number of carboxylic acid groups (broad SMARTS) is 1. The molecule has 0 atom stereocenters. The maximum Gasteiger partial charge on any atom is 1.00 e. The van der Waals surface area contributed by atoms with Gasteiger partial charge in [0, 0.05) is 5.97 Å². The van der Waals surface area contributed by atoms with Crippen LogP contribution in [-0.4, -0.2) is 12.6 Å². The van der Waals surface area contributed by atoms with Crippen molar-refractivity contribution in [3.8, 4) is 0 Å². The molecule has 14 heavy (non-hydrogen) atoms. The summed E-state index contributed by atoms with van der Waals surface area (Å²) in [6.07, 6.45) is 6.66. The minimum atomic E-state index is -0.961. The third kappa shape index (κ3) is 14.9. The van der Waals surface area contributed by atoms with E-state index in [0.717, 1.165) is 32.1 Å². The van der Waals surface area contributed by atoms with Crippen LogP contribution in [0.3, 0.4) is 0 Å². The third-order valence-corrected chi connectivity index (χ3v) is 2.01. The van der Waals surface area contributed by atoms with E-state index < -0.39 is 5.97 Å². The largest absolute Gasteiger partial charge is 1.00 e. The number of carbonyl (C=O) groups is 1. The Labute approximate surface area is 108 Å². The van der Waals surface area contributed by atoms with Gasteiger partial charge in [0.2, 0.25) is 0 Å². The van der Waals surface area contributed by atoms with Gasteiger partial charge < -0.3 is 9.90 Å². The van der Waals surface area contributed by atoms with Gasteiger partial charge in [0.15, 0.2) is 0 Å². The van der Waals surface area contributed by atoms with Crippen LogP contribution in [0.4, 0.5) is 4.39 Å². The molecule has 0 aromatic carbocycles. The maximum atomic E-state index is 11.6. The molecule has 2 nitrogen and oxygen atoms in total. The maximum absolute atomic E-state index is 11.6. The normalized spacial score (nSPS) is 9.50. The first kappa shape index (κ1) is 16.8. The van der Waals surface area contributed by atoms with Crippen LogP contribution in [0.1, 0.15) is 51.4 Å². The van der Waals surface area contributed by atoms with Crippen LogP contribution < -0.4 is 34.7 Å². The number of halogens is 1. The Morgan fingerprint density at radius 1 is 0.929 bits per heavy atom. The minimum absolute atomic E-state index is 0. The van der Waals surface area contributed by atoms with Crippen molar-refractivity contribution in [2.45, 2.75) is 51.4 Å². The standard InChI is InChI=1S/C10H19FO2.Na/c11-9-7-5-3-1-2-4-6-8-10(12)13;/h1-9H2,(H,12,13);/q;+1/p-1. The van der Waals surface area contributed by atoms with Crippen molar-refractivity contribution in [3.63, 3.8) is 0 Å². The van der Waals surface area contributed by atoms with E-state index in [4.69, 9.17) is 0 Å². The molecule has 0 fully saturated rings. The molecule has 0 aromatic heterocycles. The summed E-state index contributed by atoms with van der Waals surface area (Å²) in [5.41, 5.74) is 0. The van der Waals surface area contributed by atoms with Gasteiger partial charge in [-0.05, 0) is 19.3 Å². The molecule has 0 radical (unpaired) electrons. The zero-order valence-electron chi connectivity index (χ0n) is 9.06. The van der Waals surface area contributed by atoms with Crippen molar-refractivity contribution in [3.05, 3.63) is 0 Å². The van der Waals surface area contributed by atoms with Gasteiger partial charge in [0.05, 0.1) is 6.67 Å². The number of unbranched alkanes of at least 4 members (excludes halogenated alkanes) is 6. The van der Waals surface area contributed by atoms with Crippen molar-refractivity contribution >= 4 is 5.97 Å². The number of carboxylic acids is 1. The zero-order chi connectivity index (χ0) is 9.94. The van der Waals surface area contributed by atoms with E-state index in [9.17, 15) is 14.3 Å². The average Bonchev–Trinajstić information content (AvgIpc) is 2.09. The molecule has 0 spiro atoms. The fraction of sp³-hybridized carbons (Fsp3) is 0.900. The van der Waals surface area contributed by atoms with Crippen molar-refractivity contribution < 1.29 is 43.8 Å². The molecular formula is C10H18FNaO2. The summed E-state index contributed by atoms with van der Waals surface area (Å²) < 4.78 is 11.6. The van der Waals surface area contributed by atoms with Crippen molar-refractivity contribution in [2.75, 3.05) is 6.67 Å². The van der Waals surface area contributed by atoms with Crippen LogP contribution in [-0.2, 0) is 4.79 Å². The predicted octanol–water partition coefficient (Wildman–Crippen LogP) is -1.17. The second-order valence-electron chi connectivity index (χ2n) is 3.29. The van der Waals surface area contributed by atoms with Crippen LogP contribution in [0.2, 0.25) is 0 Å². The minimum Gasteiger partial charge on any atom is -0.550 e. The fourth-order valence-corrected chi connectivity index (χ4v) is 1.25.